The molecule has 126 valence electrons. The number of hydrogen-bond acceptors (Lipinski definition) is 3. The van der Waals surface area contributed by atoms with Crippen LogP contribution in [0.2, 0.25) is 0 Å². The molecule has 2 amide bonds. The lowest BCUT2D eigenvalue weighted by Crippen LogP contribution is -2.54. The summed E-state index contributed by atoms with van der Waals surface area (Å²) in [5.74, 6) is 0. The second kappa shape index (κ2) is 6.79. The van der Waals surface area contributed by atoms with Crippen molar-refractivity contribution in [2.75, 3.05) is 24.6 Å². The maximum absolute atomic E-state index is 12.2. The van der Waals surface area contributed by atoms with Gasteiger partial charge in [-0.3, -0.25) is 0 Å². The Labute approximate surface area is 138 Å². The van der Waals surface area contributed by atoms with E-state index in [4.69, 9.17) is 0 Å². The van der Waals surface area contributed by atoms with Gasteiger partial charge in [0, 0.05) is 24.8 Å². The van der Waals surface area contributed by atoms with E-state index in [1.54, 1.807) is 0 Å². The summed E-state index contributed by atoms with van der Waals surface area (Å²) in [4.78, 5) is 14.5. The highest BCUT2D eigenvalue weighted by atomic mass is 16.3. The van der Waals surface area contributed by atoms with Crippen molar-refractivity contribution in [1.29, 1.82) is 0 Å². The number of fused-ring (bicyclic) bond motifs is 1. The third-order valence-corrected chi connectivity index (χ3v) is 5.26. The summed E-state index contributed by atoms with van der Waals surface area (Å²) in [5, 5.41) is 15.5. The molecule has 3 rings (SSSR count). The van der Waals surface area contributed by atoms with Crippen LogP contribution in [0.3, 0.4) is 0 Å². The van der Waals surface area contributed by atoms with E-state index in [1.165, 1.54) is 11.3 Å². The lowest BCUT2D eigenvalue weighted by molar-refractivity contribution is 0.162. The minimum Gasteiger partial charge on any atom is -0.394 e. The molecule has 1 aliphatic heterocycles. The van der Waals surface area contributed by atoms with Crippen molar-refractivity contribution in [3.63, 3.8) is 0 Å². The number of amides is 2. The van der Waals surface area contributed by atoms with Crippen LogP contribution in [0.15, 0.2) is 24.3 Å². The predicted octanol–water partition coefficient (Wildman–Crippen LogP) is 2.04. The molecule has 1 atom stereocenters. The number of urea groups is 1. The highest BCUT2D eigenvalue weighted by Crippen LogP contribution is 2.30. The number of para-hydroxylation sites is 1. The van der Waals surface area contributed by atoms with Crippen molar-refractivity contribution in [3.8, 4) is 0 Å². The molecule has 1 aliphatic carbocycles. The molecule has 0 saturated heterocycles. The van der Waals surface area contributed by atoms with Gasteiger partial charge in [-0.1, -0.05) is 31.0 Å². The molecular formula is C18H27N3O2. The van der Waals surface area contributed by atoms with E-state index in [1.807, 2.05) is 0 Å². The predicted molar refractivity (Wildman–Crippen MR) is 91.8 cm³/mol. The van der Waals surface area contributed by atoms with Gasteiger partial charge in [0.2, 0.25) is 0 Å². The fraction of sp³-hybridized carbons (Fsp3) is 0.611. The lowest BCUT2D eigenvalue weighted by Gasteiger charge is -2.30. The van der Waals surface area contributed by atoms with Gasteiger partial charge in [-0.25, -0.2) is 4.79 Å². The van der Waals surface area contributed by atoms with Crippen molar-refractivity contribution in [2.24, 2.45) is 0 Å². The van der Waals surface area contributed by atoms with Gasteiger partial charge in [-0.05, 0) is 37.8 Å². The number of benzene rings is 1. The van der Waals surface area contributed by atoms with Crippen molar-refractivity contribution < 1.29 is 9.90 Å². The molecule has 1 fully saturated rings. The van der Waals surface area contributed by atoms with Crippen LogP contribution in [0.4, 0.5) is 10.5 Å². The van der Waals surface area contributed by atoms with Crippen molar-refractivity contribution >= 4 is 11.7 Å². The molecule has 23 heavy (non-hydrogen) atoms. The number of carbonyl (C=O) groups excluding carboxylic acids is 1. The zero-order chi connectivity index (χ0) is 16.3. The Hall–Kier alpha value is -1.75. The van der Waals surface area contributed by atoms with Crippen LogP contribution in [0, 0.1) is 0 Å². The number of nitrogens with zero attached hydrogens (tertiary/aromatic N) is 1. The first-order chi connectivity index (χ1) is 11.1. The maximum Gasteiger partial charge on any atom is 0.315 e. The van der Waals surface area contributed by atoms with E-state index < -0.39 is 5.54 Å². The van der Waals surface area contributed by atoms with E-state index in [2.05, 4.69) is 46.7 Å². The molecule has 3 N–H and O–H groups in total. The Kier molecular flexibility index (Phi) is 4.76. The normalized spacial score (nSPS) is 20.2. The SMILES string of the molecule is CC(CNC(=O)NC1(CO)CCCC1)N1CCc2ccccc21. The average Bonchev–Trinajstić information content (AvgIpc) is 3.20. The van der Waals surface area contributed by atoms with Crippen LogP contribution in [0.25, 0.3) is 0 Å². The Bertz CT molecular complexity index is 555. The minimum atomic E-state index is -0.409. The van der Waals surface area contributed by atoms with Gasteiger partial charge in [0.05, 0.1) is 12.1 Å². The molecule has 0 aromatic heterocycles. The summed E-state index contributed by atoms with van der Waals surface area (Å²) in [6.45, 7) is 3.77. The van der Waals surface area contributed by atoms with Crippen molar-refractivity contribution in [1.82, 2.24) is 10.6 Å². The van der Waals surface area contributed by atoms with Crippen LogP contribution in [0.1, 0.15) is 38.2 Å². The molecule has 1 saturated carbocycles. The fourth-order valence-corrected chi connectivity index (χ4v) is 3.83. The average molecular weight is 317 g/mol. The number of hydrogen-bond donors (Lipinski definition) is 3. The highest BCUT2D eigenvalue weighted by Gasteiger charge is 2.34. The van der Waals surface area contributed by atoms with Crippen LogP contribution in [0.5, 0.6) is 0 Å². The Balaban J connectivity index is 1.51. The quantitative estimate of drug-likeness (QED) is 0.779. The summed E-state index contributed by atoms with van der Waals surface area (Å²) in [7, 11) is 0. The zero-order valence-electron chi connectivity index (χ0n) is 13.8. The van der Waals surface area contributed by atoms with Gasteiger partial charge < -0.3 is 20.6 Å². The first kappa shape index (κ1) is 16.1. The second-order valence-corrected chi connectivity index (χ2v) is 6.90. The molecule has 1 unspecified atom stereocenters. The summed E-state index contributed by atoms with van der Waals surface area (Å²) in [6, 6.07) is 8.55. The molecular weight excluding hydrogens is 290 g/mol. The topological polar surface area (TPSA) is 64.6 Å². The van der Waals surface area contributed by atoms with Crippen molar-refractivity contribution in [3.05, 3.63) is 29.8 Å². The van der Waals surface area contributed by atoms with Crippen LogP contribution in [-0.2, 0) is 6.42 Å². The number of carbonyl (C=O) groups is 1. The van der Waals surface area contributed by atoms with E-state index in [0.717, 1.165) is 38.6 Å². The van der Waals surface area contributed by atoms with E-state index in [-0.39, 0.29) is 18.7 Å². The molecule has 0 bridgehead atoms. The summed E-state index contributed by atoms with van der Waals surface area (Å²) >= 11 is 0. The third kappa shape index (κ3) is 3.44. The minimum absolute atomic E-state index is 0.0233. The molecule has 0 radical (unpaired) electrons. The smallest absolute Gasteiger partial charge is 0.315 e. The van der Waals surface area contributed by atoms with E-state index in [0.29, 0.717) is 6.54 Å². The van der Waals surface area contributed by atoms with Gasteiger partial charge in [0.1, 0.15) is 0 Å². The summed E-state index contributed by atoms with van der Waals surface area (Å²) in [5.41, 5.74) is 2.26. The Morgan fingerprint density at radius 3 is 2.83 bits per heavy atom. The molecule has 1 aromatic rings. The molecule has 1 heterocycles. The number of aliphatic hydroxyl groups is 1. The largest absolute Gasteiger partial charge is 0.394 e. The third-order valence-electron chi connectivity index (χ3n) is 5.26. The highest BCUT2D eigenvalue weighted by molar-refractivity contribution is 5.75. The second-order valence-electron chi connectivity index (χ2n) is 6.90. The van der Waals surface area contributed by atoms with Gasteiger partial charge in [0.25, 0.3) is 0 Å². The molecule has 0 spiro atoms. The maximum atomic E-state index is 12.2. The van der Waals surface area contributed by atoms with Crippen molar-refractivity contribution in [2.45, 2.75) is 50.6 Å². The number of anilines is 1. The summed E-state index contributed by atoms with van der Waals surface area (Å²) in [6.07, 6.45) is 4.95. The lowest BCUT2D eigenvalue weighted by atomic mass is 9.99. The Morgan fingerprint density at radius 1 is 1.35 bits per heavy atom. The Morgan fingerprint density at radius 2 is 2.09 bits per heavy atom. The van der Waals surface area contributed by atoms with Crippen LogP contribution < -0.4 is 15.5 Å². The molecule has 2 aliphatic rings. The zero-order valence-corrected chi connectivity index (χ0v) is 13.8. The van der Waals surface area contributed by atoms with Crippen LogP contribution in [-0.4, -0.2) is 42.4 Å². The fourth-order valence-electron chi connectivity index (χ4n) is 3.83. The van der Waals surface area contributed by atoms with Gasteiger partial charge >= 0.3 is 6.03 Å². The molecule has 1 aromatic carbocycles. The monoisotopic (exact) mass is 317 g/mol. The number of nitrogens with one attached hydrogen (secondary N) is 2. The van der Waals surface area contributed by atoms with E-state index >= 15 is 0 Å². The summed E-state index contributed by atoms with van der Waals surface area (Å²) < 4.78 is 0. The van der Waals surface area contributed by atoms with Crippen LogP contribution >= 0.6 is 0 Å². The molecule has 5 heteroatoms. The standard InChI is InChI=1S/C18H27N3O2/c1-14(21-11-8-15-6-2-3-7-16(15)21)12-19-17(23)20-18(13-22)9-4-5-10-18/h2-3,6-7,14,22H,4-5,8-13H2,1H3,(H2,19,20,23). The first-order valence-electron chi connectivity index (χ1n) is 8.65. The first-order valence-corrected chi connectivity index (χ1v) is 8.65. The van der Waals surface area contributed by atoms with Gasteiger partial charge in [-0.15, -0.1) is 0 Å². The van der Waals surface area contributed by atoms with Gasteiger partial charge in [0.15, 0.2) is 0 Å². The van der Waals surface area contributed by atoms with E-state index in [9.17, 15) is 9.90 Å². The number of rotatable bonds is 5. The van der Waals surface area contributed by atoms with Gasteiger partial charge in [-0.2, -0.15) is 0 Å². The number of aliphatic hydroxyl groups excluding tert-OH is 1. The molecule has 5 nitrogen and oxygen atoms in total.